The minimum atomic E-state index is -4.41. The standard InChI is InChI=1S/C12H11F5O3/c13-9-4-8(6-18)5-10(14)11(9)20-3-1-2-19-7-12(15,16)17/h4-6H,1-3,7H2. The maximum absolute atomic E-state index is 13.3. The molecule has 1 rings (SSSR count). The van der Waals surface area contributed by atoms with Crippen LogP contribution in [0.25, 0.3) is 0 Å². The third-order valence-corrected chi connectivity index (χ3v) is 2.10. The lowest BCUT2D eigenvalue weighted by Gasteiger charge is -2.10. The number of aldehydes is 1. The number of benzene rings is 1. The molecule has 8 heteroatoms. The van der Waals surface area contributed by atoms with Gasteiger partial charge in [-0.25, -0.2) is 8.78 Å². The molecule has 0 heterocycles. The Balaban J connectivity index is 2.37. The van der Waals surface area contributed by atoms with Crippen molar-refractivity contribution in [3.05, 3.63) is 29.3 Å². The maximum Gasteiger partial charge on any atom is 0.411 e. The first-order chi connectivity index (χ1) is 9.33. The molecule has 0 atom stereocenters. The highest BCUT2D eigenvalue weighted by Gasteiger charge is 2.27. The summed E-state index contributed by atoms with van der Waals surface area (Å²) in [5.74, 6) is -2.78. The number of hydrogen-bond donors (Lipinski definition) is 0. The van der Waals surface area contributed by atoms with E-state index in [-0.39, 0.29) is 31.5 Å². The first-order valence-corrected chi connectivity index (χ1v) is 5.55. The molecule has 0 radical (unpaired) electrons. The van der Waals surface area contributed by atoms with Crippen LogP contribution in [0.4, 0.5) is 22.0 Å². The lowest BCUT2D eigenvalue weighted by atomic mass is 10.2. The minimum Gasteiger partial charge on any atom is -0.488 e. The number of halogens is 5. The van der Waals surface area contributed by atoms with Gasteiger partial charge in [-0.15, -0.1) is 0 Å². The molecule has 0 amide bonds. The van der Waals surface area contributed by atoms with Gasteiger partial charge in [0.1, 0.15) is 12.9 Å². The van der Waals surface area contributed by atoms with Crippen LogP contribution in [0.5, 0.6) is 5.75 Å². The molecule has 0 bridgehead atoms. The largest absolute Gasteiger partial charge is 0.488 e. The van der Waals surface area contributed by atoms with E-state index >= 15 is 0 Å². The Hall–Kier alpha value is -1.70. The summed E-state index contributed by atoms with van der Waals surface area (Å²) in [5.41, 5.74) is -0.180. The van der Waals surface area contributed by atoms with Crippen molar-refractivity contribution in [3.63, 3.8) is 0 Å². The summed E-state index contributed by atoms with van der Waals surface area (Å²) in [4.78, 5) is 10.4. The summed E-state index contributed by atoms with van der Waals surface area (Å²) in [6.07, 6.45) is -4.10. The van der Waals surface area contributed by atoms with E-state index in [4.69, 9.17) is 4.74 Å². The van der Waals surface area contributed by atoms with Gasteiger partial charge in [0.2, 0.25) is 0 Å². The number of carbonyl (C=O) groups is 1. The molecular formula is C12H11F5O3. The number of ether oxygens (including phenoxy) is 2. The molecule has 0 fully saturated rings. The third kappa shape index (κ3) is 5.52. The number of carbonyl (C=O) groups excluding carboxylic acids is 1. The molecule has 0 aliphatic rings. The first kappa shape index (κ1) is 16.4. The van der Waals surface area contributed by atoms with Crippen LogP contribution in [0.15, 0.2) is 12.1 Å². The second-order valence-electron chi connectivity index (χ2n) is 3.80. The molecule has 0 aliphatic heterocycles. The van der Waals surface area contributed by atoms with Gasteiger partial charge in [0.15, 0.2) is 17.4 Å². The SMILES string of the molecule is O=Cc1cc(F)c(OCCCOCC(F)(F)F)c(F)c1. The van der Waals surface area contributed by atoms with Crippen LogP contribution in [0.2, 0.25) is 0 Å². The van der Waals surface area contributed by atoms with Crippen molar-refractivity contribution in [1.82, 2.24) is 0 Å². The zero-order valence-corrected chi connectivity index (χ0v) is 10.2. The van der Waals surface area contributed by atoms with E-state index in [2.05, 4.69) is 4.74 Å². The Bertz CT molecular complexity index is 436. The van der Waals surface area contributed by atoms with E-state index in [1.807, 2.05) is 0 Å². The number of rotatable bonds is 7. The van der Waals surface area contributed by atoms with Crippen molar-refractivity contribution in [1.29, 1.82) is 0 Å². The highest BCUT2D eigenvalue weighted by molar-refractivity contribution is 5.75. The van der Waals surface area contributed by atoms with Gasteiger partial charge < -0.3 is 9.47 Å². The molecular weight excluding hydrogens is 287 g/mol. The number of hydrogen-bond acceptors (Lipinski definition) is 3. The van der Waals surface area contributed by atoms with Crippen molar-refractivity contribution in [2.24, 2.45) is 0 Å². The zero-order valence-electron chi connectivity index (χ0n) is 10.2. The molecule has 1 aromatic rings. The van der Waals surface area contributed by atoms with E-state index in [9.17, 15) is 26.7 Å². The van der Waals surface area contributed by atoms with Crippen LogP contribution < -0.4 is 4.74 Å². The molecule has 20 heavy (non-hydrogen) atoms. The highest BCUT2D eigenvalue weighted by atomic mass is 19.4. The van der Waals surface area contributed by atoms with Crippen molar-refractivity contribution >= 4 is 6.29 Å². The van der Waals surface area contributed by atoms with Crippen molar-refractivity contribution in [2.45, 2.75) is 12.6 Å². The monoisotopic (exact) mass is 298 g/mol. The van der Waals surface area contributed by atoms with E-state index in [0.717, 1.165) is 12.1 Å². The van der Waals surface area contributed by atoms with E-state index in [0.29, 0.717) is 0 Å². The summed E-state index contributed by atoms with van der Waals surface area (Å²) in [6, 6.07) is 1.59. The molecule has 112 valence electrons. The molecule has 0 aliphatic carbocycles. The normalized spacial score (nSPS) is 11.4. The molecule has 0 aromatic heterocycles. The van der Waals surface area contributed by atoms with Gasteiger partial charge in [0.25, 0.3) is 0 Å². The van der Waals surface area contributed by atoms with Gasteiger partial charge in [-0.05, 0) is 12.1 Å². The fourth-order valence-electron chi connectivity index (χ4n) is 1.31. The second kappa shape index (κ2) is 7.18. The maximum atomic E-state index is 13.3. The predicted octanol–water partition coefficient (Wildman–Crippen LogP) is 3.13. The van der Waals surface area contributed by atoms with Crippen LogP contribution in [0.3, 0.4) is 0 Å². The summed E-state index contributed by atoms with van der Waals surface area (Å²) in [5, 5.41) is 0. The van der Waals surface area contributed by atoms with Gasteiger partial charge in [0.05, 0.1) is 13.2 Å². The fourth-order valence-corrected chi connectivity index (χ4v) is 1.31. The summed E-state index contributed by atoms with van der Waals surface area (Å²) >= 11 is 0. The fraction of sp³-hybridized carbons (Fsp3) is 0.417. The first-order valence-electron chi connectivity index (χ1n) is 5.55. The molecule has 0 unspecified atom stereocenters. The average molecular weight is 298 g/mol. The van der Waals surface area contributed by atoms with E-state index < -0.39 is 30.2 Å². The van der Waals surface area contributed by atoms with Crippen LogP contribution >= 0.6 is 0 Å². The molecule has 0 N–H and O–H groups in total. The predicted molar refractivity (Wildman–Crippen MR) is 58.7 cm³/mol. The highest BCUT2D eigenvalue weighted by Crippen LogP contribution is 2.23. The van der Waals surface area contributed by atoms with Gasteiger partial charge in [-0.2, -0.15) is 13.2 Å². The van der Waals surface area contributed by atoms with Gasteiger partial charge >= 0.3 is 6.18 Å². The third-order valence-electron chi connectivity index (χ3n) is 2.10. The van der Waals surface area contributed by atoms with Crippen LogP contribution in [0, 0.1) is 11.6 Å². The van der Waals surface area contributed by atoms with Crippen LogP contribution in [-0.2, 0) is 4.74 Å². The molecule has 0 saturated heterocycles. The molecule has 0 saturated carbocycles. The van der Waals surface area contributed by atoms with Crippen molar-refractivity contribution in [2.75, 3.05) is 19.8 Å². The summed E-state index contributed by atoms with van der Waals surface area (Å²) in [6.45, 7) is -1.86. The Morgan fingerprint density at radius 1 is 1.10 bits per heavy atom. The average Bonchev–Trinajstić information content (AvgIpc) is 2.34. The lowest BCUT2D eigenvalue weighted by Crippen LogP contribution is -2.18. The van der Waals surface area contributed by atoms with Gasteiger partial charge in [0, 0.05) is 12.0 Å². The number of alkyl halides is 3. The molecule has 3 nitrogen and oxygen atoms in total. The molecule has 1 aromatic carbocycles. The van der Waals surface area contributed by atoms with E-state index in [1.54, 1.807) is 0 Å². The molecule has 0 spiro atoms. The summed E-state index contributed by atoms with van der Waals surface area (Å²) in [7, 11) is 0. The second-order valence-corrected chi connectivity index (χ2v) is 3.80. The topological polar surface area (TPSA) is 35.5 Å². The Kier molecular flexibility index (Phi) is 5.87. The summed E-state index contributed by atoms with van der Waals surface area (Å²) < 4.78 is 70.9. The smallest absolute Gasteiger partial charge is 0.411 e. The van der Waals surface area contributed by atoms with Gasteiger partial charge in [-0.3, -0.25) is 4.79 Å². The van der Waals surface area contributed by atoms with E-state index in [1.165, 1.54) is 0 Å². The minimum absolute atomic E-state index is 0.0321. The van der Waals surface area contributed by atoms with Gasteiger partial charge in [-0.1, -0.05) is 0 Å². The van der Waals surface area contributed by atoms with Crippen molar-refractivity contribution < 1.29 is 36.2 Å². The van der Waals surface area contributed by atoms with Crippen LogP contribution in [-0.4, -0.2) is 32.3 Å². The quantitative estimate of drug-likeness (QED) is 0.441. The Morgan fingerprint density at radius 3 is 2.20 bits per heavy atom. The van der Waals surface area contributed by atoms with Crippen molar-refractivity contribution in [3.8, 4) is 5.75 Å². The Labute approximate surface area is 111 Å². The zero-order chi connectivity index (χ0) is 15.2. The lowest BCUT2D eigenvalue weighted by molar-refractivity contribution is -0.174. The Morgan fingerprint density at radius 2 is 1.70 bits per heavy atom. The van der Waals surface area contributed by atoms with Crippen LogP contribution in [0.1, 0.15) is 16.8 Å².